The molecule has 0 amide bonds. The van der Waals surface area contributed by atoms with Crippen LogP contribution < -0.4 is 5.73 Å². The molecule has 1 aromatic carbocycles. The van der Waals surface area contributed by atoms with Gasteiger partial charge in [0, 0.05) is 25.0 Å². The first-order valence-corrected chi connectivity index (χ1v) is 5.90. The monoisotopic (exact) mass is 266 g/mol. The van der Waals surface area contributed by atoms with Crippen molar-refractivity contribution in [2.24, 2.45) is 0 Å². The number of benzene rings is 1. The van der Waals surface area contributed by atoms with Crippen molar-refractivity contribution in [3.05, 3.63) is 33.9 Å². The Morgan fingerprint density at radius 1 is 1.42 bits per heavy atom. The fourth-order valence-corrected chi connectivity index (χ4v) is 1.86. The van der Waals surface area contributed by atoms with Crippen LogP contribution in [0.5, 0.6) is 0 Å². The molecule has 7 heteroatoms. The molecule has 0 aliphatic carbocycles. The van der Waals surface area contributed by atoms with Crippen molar-refractivity contribution >= 4 is 17.3 Å². The molecule has 19 heavy (non-hydrogen) atoms. The van der Waals surface area contributed by atoms with E-state index < -0.39 is 10.9 Å². The second-order valence-electron chi connectivity index (χ2n) is 4.25. The number of non-ortho nitro benzene ring substituents is 1. The van der Waals surface area contributed by atoms with Crippen LogP contribution in [0.25, 0.3) is 0 Å². The van der Waals surface area contributed by atoms with Crippen molar-refractivity contribution < 1.29 is 19.2 Å². The number of nitro benzene ring substituents is 1. The number of ether oxygens (including phenoxy) is 2. The topological polar surface area (TPSA) is 105 Å². The zero-order valence-corrected chi connectivity index (χ0v) is 10.2. The molecule has 1 heterocycles. The number of nitrogens with two attached hydrogens (primary N) is 1. The molecular formula is C12H14N2O5. The second kappa shape index (κ2) is 5.66. The van der Waals surface area contributed by atoms with Gasteiger partial charge in [0.1, 0.15) is 6.10 Å². The van der Waals surface area contributed by atoms with Crippen LogP contribution in [0, 0.1) is 10.1 Å². The highest BCUT2D eigenvalue weighted by Crippen LogP contribution is 2.22. The van der Waals surface area contributed by atoms with E-state index in [9.17, 15) is 14.9 Å². The van der Waals surface area contributed by atoms with Crippen molar-refractivity contribution in [1.29, 1.82) is 0 Å². The molecule has 0 bridgehead atoms. The molecule has 1 aliphatic heterocycles. The fraction of sp³-hybridized carbons (Fsp3) is 0.417. The van der Waals surface area contributed by atoms with Crippen molar-refractivity contribution in [2.45, 2.75) is 18.9 Å². The first kappa shape index (κ1) is 13.3. The van der Waals surface area contributed by atoms with Gasteiger partial charge in [0.05, 0.1) is 29.4 Å². The van der Waals surface area contributed by atoms with E-state index in [2.05, 4.69) is 0 Å². The van der Waals surface area contributed by atoms with Gasteiger partial charge in [0.25, 0.3) is 5.69 Å². The molecule has 0 atom stereocenters. The number of hydrogen-bond acceptors (Lipinski definition) is 6. The van der Waals surface area contributed by atoms with Crippen molar-refractivity contribution in [2.75, 3.05) is 18.9 Å². The van der Waals surface area contributed by atoms with Crippen LogP contribution >= 0.6 is 0 Å². The number of rotatable bonds is 3. The number of nitro groups is 1. The molecule has 2 N–H and O–H groups in total. The second-order valence-corrected chi connectivity index (χ2v) is 4.25. The van der Waals surface area contributed by atoms with Gasteiger partial charge in [-0.3, -0.25) is 10.1 Å². The van der Waals surface area contributed by atoms with Gasteiger partial charge in [-0.25, -0.2) is 4.79 Å². The Morgan fingerprint density at radius 3 is 2.68 bits per heavy atom. The van der Waals surface area contributed by atoms with Gasteiger partial charge in [-0.15, -0.1) is 0 Å². The number of nitrogens with zero attached hydrogens (tertiary/aromatic N) is 1. The van der Waals surface area contributed by atoms with Crippen molar-refractivity contribution in [3.8, 4) is 0 Å². The minimum atomic E-state index is -0.566. The van der Waals surface area contributed by atoms with E-state index in [1.807, 2.05) is 0 Å². The summed E-state index contributed by atoms with van der Waals surface area (Å²) in [6.07, 6.45) is 1.12. The summed E-state index contributed by atoms with van der Waals surface area (Å²) in [5.74, 6) is -0.556. The largest absolute Gasteiger partial charge is 0.459 e. The summed E-state index contributed by atoms with van der Waals surface area (Å²) in [5, 5.41) is 10.6. The van der Waals surface area contributed by atoms with E-state index in [1.165, 1.54) is 12.1 Å². The van der Waals surface area contributed by atoms with E-state index in [0.717, 1.165) is 6.07 Å². The number of carbonyl (C=O) groups is 1. The lowest BCUT2D eigenvalue weighted by Crippen LogP contribution is -2.26. The van der Waals surface area contributed by atoms with Gasteiger partial charge in [0.2, 0.25) is 0 Å². The molecule has 0 unspecified atom stereocenters. The molecule has 1 aliphatic rings. The average molecular weight is 266 g/mol. The fourth-order valence-electron chi connectivity index (χ4n) is 1.86. The minimum Gasteiger partial charge on any atom is -0.459 e. The van der Waals surface area contributed by atoms with Crippen LogP contribution in [-0.2, 0) is 9.47 Å². The van der Waals surface area contributed by atoms with Crippen LogP contribution in [-0.4, -0.2) is 30.2 Å². The van der Waals surface area contributed by atoms with Crippen LogP contribution in [0.2, 0.25) is 0 Å². The summed E-state index contributed by atoms with van der Waals surface area (Å²) in [6, 6.07) is 3.70. The van der Waals surface area contributed by atoms with Crippen LogP contribution in [0.4, 0.5) is 11.4 Å². The molecule has 0 radical (unpaired) electrons. The van der Waals surface area contributed by atoms with E-state index in [0.29, 0.717) is 26.1 Å². The highest BCUT2D eigenvalue weighted by Gasteiger charge is 2.21. The third kappa shape index (κ3) is 3.19. The molecule has 1 saturated heterocycles. The standard InChI is InChI=1S/C12H14N2O5/c13-11-7-8(14(16)17)1-2-10(11)12(15)19-9-3-5-18-6-4-9/h1-2,7,9H,3-6,13H2. The SMILES string of the molecule is Nc1cc([N+](=O)[O-])ccc1C(=O)OC1CCOCC1. The van der Waals surface area contributed by atoms with Crippen LogP contribution in [0.3, 0.4) is 0 Å². The molecule has 1 aromatic rings. The Morgan fingerprint density at radius 2 is 2.11 bits per heavy atom. The molecule has 0 saturated carbocycles. The summed E-state index contributed by atoms with van der Waals surface area (Å²) in [4.78, 5) is 21.9. The normalized spacial score (nSPS) is 16.0. The van der Waals surface area contributed by atoms with Gasteiger partial charge in [-0.05, 0) is 6.07 Å². The summed E-state index contributed by atoms with van der Waals surface area (Å²) in [6.45, 7) is 1.13. The Balaban J connectivity index is 2.08. The zero-order valence-electron chi connectivity index (χ0n) is 10.2. The Labute approximate surface area is 109 Å². The molecule has 0 aromatic heterocycles. The predicted molar refractivity (Wildman–Crippen MR) is 66.8 cm³/mol. The quantitative estimate of drug-likeness (QED) is 0.385. The number of anilines is 1. The first-order valence-electron chi connectivity index (χ1n) is 5.90. The smallest absolute Gasteiger partial charge is 0.340 e. The lowest BCUT2D eigenvalue weighted by molar-refractivity contribution is -0.384. The van der Waals surface area contributed by atoms with E-state index in [-0.39, 0.29) is 23.0 Å². The molecule has 1 fully saturated rings. The Kier molecular flexibility index (Phi) is 3.96. The van der Waals surface area contributed by atoms with Crippen molar-refractivity contribution in [3.63, 3.8) is 0 Å². The maximum Gasteiger partial charge on any atom is 0.340 e. The van der Waals surface area contributed by atoms with E-state index >= 15 is 0 Å². The molecular weight excluding hydrogens is 252 g/mol. The van der Waals surface area contributed by atoms with Gasteiger partial charge in [-0.1, -0.05) is 0 Å². The maximum absolute atomic E-state index is 11.9. The number of esters is 1. The van der Waals surface area contributed by atoms with Gasteiger partial charge >= 0.3 is 5.97 Å². The molecule has 102 valence electrons. The van der Waals surface area contributed by atoms with Crippen molar-refractivity contribution in [1.82, 2.24) is 0 Å². The summed E-state index contributed by atoms with van der Waals surface area (Å²) < 4.78 is 10.5. The summed E-state index contributed by atoms with van der Waals surface area (Å²) in [7, 11) is 0. The summed E-state index contributed by atoms with van der Waals surface area (Å²) >= 11 is 0. The van der Waals surface area contributed by atoms with E-state index in [1.54, 1.807) is 0 Å². The lowest BCUT2D eigenvalue weighted by Gasteiger charge is -2.22. The first-order chi connectivity index (χ1) is 9.08. The van der Waals surface area contributed by atoms with Gasteiger partial charge in [0.15, 0.2) is 0 Å². The predicted octanol–water partition coefficient (Wildman–Crippen LogP) is 1.51. The Hall–Kier alpha value is -2.15. The third-order valence-corrected chi connectivity index (χ3v) is 2.91. The van der Waals surface area contributed by atoms with Crippen LogP contribution in [0.1, 0.15) is 23.2 Å². The highest BCUT2D eigenvalue weighted by molar-refractivity contribution is 5.95. The Bertz CT molecular complexity index is 497. The third-order valence-electron chi connectivity index (χ3n) is 2.91. The van der Waals surface area contributed by atoms with Gasteiger partial charge < -0.3 is 15.2 Å². The number of nitrogen functional groups attached to an aromatic ring is 1. The average Bonchev–Trinajstić information content (AvgIpc) is 2.39. The van der Waals surface area contributed by atoms with Crippen LogP contribution in [0.15, 0.2) is 18.2 Å². The molecule has 7 nitrogen and oxygen atoms in total. The van der Waals surface area contributed by atoms with Gasteiger partial charge in [-0.2, -0.15) is 0 Å². The maximum atomic E-state index is 11.9. The minimum absolute atomic E-state index is 0.0475. The van der Waals surface area contributed by atoms with E-state index in [4.69, 9.17) is 15.2 Å². The number of hydrogen-bond donors (Lipinski definition) is 1. The molecule has 2 rings (SSSR count). The highest BCUT2D eigenvalue weighted by atomic mass is 16.6. The lowest BCUT2D eigenvalue weighted by atomic mass is 10.1. The zero-order chi connectivity index (χ0) is 13.8. The molecule has 0 spiro atoms. The summed E-state index contributed by atoms with van der Waals surface area (Å²) in [5.41, 5.74) is 5.68. The number of carbonyl (C=O) groups excluding carboxylic acids is 1.